The summed E-state index contributed by atoms with van der Waals surface area (Å²) in [6.07, 6.45) is 0. The molecule has 1 fully saturated rings. The van der Waals surface area contributed by atoms with Crippen molar-refractivity contribution in [2.24, 2.45) is 0 Å². The lowest BCUT2D eigenvalue weighted by Gasteiger charge is -2.30. The van der Waals surface area contributed by atoms with Gasteiger partial charge in [0.05, 0.1) is 18.9 Å². The lowest BCUT2D eigenvalue weighted by Crippen LogP contribution is -2.36. The quantitative estimate of drug-likeness (QED) is 0.753. The van der Waals surface area contributed by atoms with Crippen LogP contribution in [0.5, 0.6) is 0 Å². The second-order valence-corrected chi connectivity index (χ2v) is 8.08. The van der Waals surface area contributed by atoms with Crippen molar-refractivity contribution in [2.75, 3.05) is 36.5 Å². The van der Waals surface area contributed by atoms with E-state index >= 15 is 0 Å². The molecule has 28 heavy (non-hydrogen) atoms. The summed E-state index contributed by atoms with van der Waals surface area (Å²) < 4.78 is 81.2. The first kappa shape index (κ1) is 20.4. The number of rotatable bonds is 5. The Balaban J connectivity index is 1.89. The van der Waals surface area contributed by atoms with Crippen molar-refractivity contribution in [3.63, 3.8) is 0 Å². The van der Waals surface area contributed by atoms with Gasteiger partial charge in [-0.05, 0) is 29.8 Å². The minimum Gasteiger partial charge on any atom is -0.380 e. The monoisotopic (exact) mass is 418 g/mol. The van der Waals surface area contributed by atoms with Gasteiger partial charge in [-0.15, -0.1) is 0 Å². The van der Waals surface area contributed by atoms with E-state index in [9.17, 15) is 26.0 Å². The van der Waals surface area contributed by atoms with E-state index in [2.05, 4.69) is 10.2 Å². The molecule has 1 aliphatic rings. The van der Waals surface area contributed by atoms with E-state index in [0.717, 1.165) is 23.4 Å². The van der Waals surface area contributed by atoms with Gasteiger partial charge in [0.15, 0.2) is 0 Å². The third-order valence-corrected chi connectivity index (χ3v) is 5.88. The second kappa shape index (κ2) is 7.96. The third-order valence-electron chi connectivity index (χ3n) is 4.35. The van der Waals surface area contributed by atoms with E-state index in [4.69, 9.17) is 4.74 Å². The number of nitrogens with zero attached hydrogens (tertiary/aromatic N) is 1. The normalized spacial score (nSPS) is 15.5. The van der Waals surface area contributed by atoms with Crippen molar-refractivity contribution in [1.29, 1.82) is 0 Å². The van der Waals surface area contributed by atoms with Crippen LogP contribution in [0.2, 0.25) is 0 Å². The maximum Gasteiger partial charge on any atom is 0.501 e. The fraction of sp³-hybridized carbons (Fsp3) is 0.333. The largest absolute Gasteiger partial charge is 0.501 e. The number of para-hydroxylation sites is 1. The summed E-state index contributed by atoms with van der Waals surface area (Å²) >= 11 is 0. The van der Waals surface area contributed by atoms with Gasteiger partial charge in [0, 0.05) is 25.3 Å². The molecular weight excluding hydrogens is 400 g/mol. The summed E-state index contributed by atoms with van der Waals surface area (Å²) in [6.45, 7) is 2.53. The van der Waals surface area contributed by atoms with E-state index in [-0.39, 0.29) is 12.2 Å². The van der Waals surface area contributed by atoms with Gasteiger partial charge in [-0.2, -0.15) is 13.2 Å². The van der Waals surface area contributed by atoms with Gasteiger partial charge in [-0.1, -0.05) is 18.2 Å². The van der Waals surface area contributed by atoms with Gasteiger partial charge < -0.3 is 15.0 Å². The molecule has 0 spiro atoms. The molecule has 1 saturated heterocycles. The Bertz CT molecular complexity index is 942. The van der Waals surface area contributed by atoms with E-state index in [1.807, 2.05) is 12.1 Å². The van der Waals surface area contributed by atoms with Crippen molar-refractivity contribution in [3.05, 3.63) is 53.8 Å². The molecule has 0 aromatic heterocycles. The lowest BCUT2D eigenvalue weighted by atomic mass is 10.1. The maximum atomic E-state index is 13.5. The summed E-state index contributed by atoms with van der Waals surface area (Å²) in [6, 6.07) is 9.56. The zero-order valence-electron chi connectivity index (χ0n) is 14.7. The second-order valence-electron chi connectivity index (χ2n) is 6.17. The lowest BCUT2D eigenvalue weighted by molar-refractivity contribution is -0.0435. The highest BCUT2D eigenvalue weighted by Crippen LogP contribution is 2.35. The van der Waals surface area contributed by atoms with Crippen LogP contribution in [0.1, 0.15) is 5.56 Å². The van der Waals surface area contributed by atoms with Crippen molar-refractivity contribution in [1.82, 2.24) is 0 Å². The molecular formula is C18H18F4N2O3S. The van der Waals surface area contributed by atoms with Crippen molar-refractivity contribution in [2.45, 2.75) is 16.9 Å². The molecule has 5 nitrogen and oxygen atoms in total. The van der Waals surface area contributed by atoms with Crippen LogP contribution in [-0.4, -0.2) is 40.2 Å². The average Bonchev–Trinajstić information content (AvgIpc) is 2.67. The fourth-order valence-electron chi connectivity index (χ4n) is 2.95. The van der Waals surface area contributed by atoms with Gasteiger partial charge in [-0.25, -0.2) is 12.8 Å². The Labute approximate surface area is 159 Å². The number of halogens is 4. The molecule has 2 aromatic rings. The Morgan fingerprint density at radius 2 is 1.75 bits per heavy atom. The third kappa shape index (κ3) is 4.22. The average molecular weight is 418 g/mol. The zero-order chi connectivity index (χ0) is 20.4. The van der Waals surface area contributed by atoms with Crippen LogP contribution < -0.4 is 10.2 Å². The highest BCUT2D eigenvalue weighted by molar-refractivity contribution is 7.92. The van der Waals surface area contributed by atoms with E-state index in [1.165, 1.54) is 0 Å². The molecule has 3 rings (SSSR count). The number of alkyl halides is 3. The predicted octanol–water partition coefficient (Wildman–Crippen LogP) is 3.57. The van der Waals surface area contributed by atoms with Crippen LogP contribution >= 0.6 is 0 Å². The van der Waals surface area contributed by atoms with Gasteiger partial charge in [0.1, 0.15) is 10.7 Å². The number of morpholine rings is 1. The minimum absolute atomic E-state index is 0.0690. The number of ether oxygens (including phenoxy) is 1. The molecule has 152 valence electrons. The van der Waals surface area contributed by atoms with Crippen LogP contribution in [0.4, 0.5) is 28.9 Å². The molecule has 0 bridgehead atoms. The first-order valence-corrected chi connectivity index (χ1v) is 9.94. The van der Waals surface area contributed by atoms with Crippen LogP contribution in [-0.2, 0) is 21.1 Å². The topological polar surface area (TPSA) is 58.6 Å². The fourth-order valence-corrected chi connectivity index (χ4v) is 3.90. The van der Waals surface area contributed by atoms with Gasteiger partial charge in [0.2, 0.25) is 0 Å². The van der Waals surface area contributed by atoms with Gasteiger partial charge >= 0.3 is 5.51 Å². The maximum absolute atomic E-state index is 13.5. The molecule has 0 atom stereocenters. The van der Waals surface area contributed by atoms with Crippen LogP contribution in [0.3, 0.4) is 0 Å². The number of anilines is 2. The first-order chi connectivity index (χ1) is 13.2. The molecule has 2 aromatic carbocycles. The molecule has 0 radical (unpaired) electrons. The van der Waals surface area contributed by atoms with Crippen molar-refractivity contribution < 1.29 is 30.7 Å². The minimum atomic E-state index is -5.69. The Morgan fingerprint density at radius 1 is 1.07 bits per heavy atom. The van der Waals surface area contributed by atoms with Gasteiger partial charge in [-0.3, -0.25) is 0 Å². The zero-order valence-corrected chi connectivity index (χ0v) is 15.5. The van der Waals surface area contributed by atoms with Crippen molar-refractivity contribution >= 4 is 21.2 Å². The summed E-state index contributed by atoms with van der Waals surface area (Å²) in [5.74, 6) is -1.07. The molecule has 1 N–H and O–H groups in total. The van der Waals surface area contributed by atoms with E-state index in [1.54, 1.807) is 12.1 Å². The Hall–Kier alpha value is -2.33. The highest BCUT2D eigenvalue weighted by Gasteiger charge is 2.48. The molecule has 10 heteroatoms. The first-order valence-electron chi connectivity index (χ1n) is 8.45. The summed E-state index contributed by atoms with van der Waals surface area (Å²) in [7, 11) is -5.69. The number of benzene rings is 2. The molecule has 1 heterocycles. The Kier molecular flexibility index (Phi) is 5.80. The summed E-state index contributed by atoms with van der Waals surface area (Å²) in [5, 5.41) is 2.71. The SMILES string of the molecule is O=S(=O)(c1cc(F)ccc1NCc1ccccc1N1CCOCC1)C(F)(F)F. The van der Waals surface area contributed by atoms with Crippen molar-refractivity contribution in [3.8, 4) is 0 Å². The van der Waals surface area contributed by atoms with Crippen LogP contribution in [0.15, 0.2) is 47.4 Å². The molecule has 1 aliphatic heterocycles. The number of nitrogens with one attached hydrogen (secondary N) is 1. The van der Waals surface area contributed by atoms with E-state index in [0.29, 0.717) is 32.4 Å². The van der Waals surface area contributed by atoms with Crippen LogP contribution in [0.25, 0.3) is 0 Å². The Morgan fingerprint density at radius 3 is 2.43 bits per heavy atom. The number of hydrogen-bond donors (Lipinski definition) is 1. The van der Waals surface area contributed by atoms with Crippen LogP contribution in [0, 0.1) is 5.82 Å². The number of hydrogen-bond acceptors (Lipinski definition) is 5. The standard InChI is InChI=1S/C18H18F4N2O3S/c19-14-5-6-15(17(11-14)28(25,26)18(20,21)22)23-12-13-3-1-2-4-16(13)24-7-9-27-10-8-24/h1-6,11,23H,7-10,12H2. The molecule has 0 aliphatic carbocycles. The predicted molar refractivity (Wildman–Crippen MR) is 96.4 cm³/mol. The molecule has 0 unspecified atom stereocenters. The molecule has 0 amide bonds. The summed E-state index contributed by atoms with van der Waals surface area (Å²) in [5.41, 5.74) is -4.19. The molecule has 0 saturated carbocycles. The van der Waals surface area contributed by atoms with E-state index < -0.39 is 26.1 Å². The van der Waals surface area contributed by atoms with Gasteiger partial charge in [0.25, 0.3) is 9.84 Å². The smallest absolute Gasteiger partial charge is 0.380 e. The summed E-state index contributed by atoms with van der Waals surface area (Å²) in [4.78, 5) is 0.947. The number of sulfone groups is 1. The highest BCUT2D eigenvalue weighted by atomic mass is 32.2.